The number of carbonyl (C=O) groups excluding carboxylic acids is 1. The van der Waals surface area contributed by atoms with Crippen LogP contribution < -0.4 is 0 Å². The minimum absolute atomic E-state index is 0.235. The van der Waals surface area contributed by atoms with E-state index in [1.54, 1.807) is 6.08 Å². The molecule has 0 heterocycles. The predicted molar refractivity (Wildman–Crippen MR) is 119 cm³/mol. The van der Waals surface area contributed by atoms with Crippen LogP contribution >= 0.6 is 0 Å². The molecule has 1 N–H and O–H groups in total. The third-order valence-corrected chi connectivity index (χ3v) is 4.60. The molecule has 0 amide bonds. The monoisotopic (exact) mass is 384 g/mol. The minimum atomic E-state index is -0.561. The third-order valence-electron chi connectivity index (χ3n) is 4.60. The highest BCUT2D eigenvalue weighted by atomic mass is 16.5. The van der Waals surface area contributed by atoms with Gasteiger partial charge in [0.25, 0.3) is 0 Å². The lowest BCUT2D eigenvalue weighted by Gasteiger charge is -2.05. The summed E-state index contributed by atoms with van der Waals surface area (Å²) in [4.78, 5) is 11.1. The molecular formula is C25H36O3. The summed E-state index contributed by atoms with van der Waals surface area (Å²) in [5.41, 5.74) is 2.19. The fraction of sp³-hybridized carbons (Fsp3) is 0.480. The number of hydrogen-bond donors (Lipinski definition) is 1. The largest absolute Gasteiger partial charge is 0.469 e. The predicted octanol–water partition coefficient (Wildman–Crippen LogP) is 6.33. The van der Waals surface area contributed by atoms with Gasteiger partial charge in [0.2, 0.25) is 0 Å². The molecule has 0 aromatic heterocycles. The highest BCUT2D eigenvalue weighted by Crippen LogP contribution is 2.14. The summed E-state index contributed by atoms with van der Waals surface area (Å²) in [6.45, 7) is 2.24. The molecule has 154 valence electrons. The molecule has 0 aliphatic carbocycles. The molecule has 0 spiro atoms. The normalized spacial score (nSPS) is 13.0. The molecule has 0 aliphatic heterocycles. The second-order valence-corrected chi connectivity index (χ2v) is 7.01. The molecule has 0 unspecified atom stereocenters. The third kappa shape index (κ3) is 11.6. The quantitative estimate of drug-likeness (QED) is 0.231. The molecule has 1 atom stereocenters. The Kier molecular flexibility index (Phi) is 13.6. The minimum Gasteiger partial charge on any atom is -0.469 e. The molecule has 0 aliphatic rings. The molecule has 3 nitrogen and oxygen atoms in total. The van der Waals surface area contributed by atoms with Crippen LogP contribution in [0.1, 0.15) is 75.8 Å². The summed E-state index contributed by atoms with van der Waals surface area (Å²) in [6.07, 6.45) is 20.9. The van der Waals surface area contributed by atoms with E-state index in [4.69, 9.17) is 0 Å². The lowest BCUT2D eigenvalue weighted by atomic mass is 10.0. The van der Waals surface area contributed by atoms with Crippen LogP contribution in [-0.2, 0) is 9.53 Å². The fourth-order valence-electron chi connectivity index (χ4n) is 2.88. The second-order valence-electron chi connectivity index (χ2n) is 7.01. The molecular weight excluding hydrogens is 348 g/mol. The van der Waals surface area contributed by atoms with Crippen molar-refractivity contribution in [1.29, 1.82) is 0 Å². The van der Waals surface area contributed by atoms with Crippen molar-refractivity contribution in [3.05, 3.63) is 59.7 Å². The molecule has 1 rings (SSSR count). The SMILES string of the molecule is CCCCCCC/C=C/C=C/c1ccccc1/C=C/[C@@H](O)CCCC(=O)OC. The summed E-state index contributed by atoms with van der Waals surface area (Å²) in [5.74, 6) is -0.235. The van der Waals surface area contributed by atoms with Gasteiger partial charge in [0.1, 0.15) is 0 Å². The maximum Gasteiger partial charge on any atom is 0.305 e. The van der Waals surface area contributed by atoms with Crippen molar-refractivity contribution in [3.63, 3.8) is 0 Å². The van der Waals surface area contributed by atoms with Crippen LogP contribution in [0.2, 0.25) is 0 Å². The second kappa shape index (κ2) is 15.9. The molecule has 3 heteroatoms. The Bertz CT molecular complexity index is 628. The van der Waals surface area contributed by atoms with Crippen molar-refractivity contribution in [2.75, 3.05) is 7.11 Å². The summed E-state index contributed by atoms with van der Waals surface area (Å²) in [5, 5.41) is 10.1. The van der Waals surface area contributed by atoms with E-state index in [2.05, 4.69) is 42.0 Å². The van der Waals surface area contributed by atoms with E-state index in [0.717, 1.165) is 17.5 Å². The van der Waals surface area contributed by atoms with E-state index >= 15 is 0 Å². The smallest absolute Gasteiger partial charge is 0.305 e. The first kappa shape index (κ1) is 23.9. The van der Waals surface area contributed by atoms with Crippen molar-refractivity contribution in [2.24, 2.45) is 0 Å². The van der Waals surface area contributed by atoms with Gasteiger partial charge in [-0.2, -0.15) is 0 Å². The zero-order chi connectivity index (χ0) is 20.5. The molecule has 0 radical (unpaired) electrons. The van der Waals surface area contributed by atoms with Crippen molar-refractivity contribution in [1.82, 2.24) is 0 Å². The van der Waals surface area contributed by atoms with Crippen molar-refractivity contribution in [2.45, 2.75) is 70.8 Å². The van der Waals surface area contributed by atoms with E-state index in [1.807, 2.05) is 24.3 Å². The van der Waals surface area contributed by atoms with Gasteiger partial charge in [-0.25, -0.2) is 0 Å². The average Bonchev–Trinajstić information content (AvgIpc) is 2.71. The first-order valence-electron chi connectivity index (χ1n) is 10.5. The zero-order valence-electron chi connectivity index (χ0n) is 17.5. The highest BCUT2D eigenvalue weighted by molar-refractivity contribution is 5.69. The number of aliphatic hydroxyl groups is 1. The van der Waals surface area contributed by atoms with Gasteiger partial charge in [0.15, 0.2) is 0 Å². The molecule has 0 saturated heterocycles. The van der Waals surface area contributed by atoms with Crippen LogP contribution in [0.3, 0.4) is 0 Å². The van der Waals surface area contributed by atoms with Gasteiger partial charge in [-0.05, 0) is 36.8 Å². The van der Waals surface area contributed by atoms with E-state index in [-0.39, 0.29) is 5.97 Å². The van der Waals surface area contributed by atoms with Gasteiger partial charge >= 0.3 is 5.97 Å². The summed E-state index contributed by atoms with van der Waals surface area (Å²) >= 11 is 0. The van der Waals surface area contributed by atoms with E-state index < -0.39 is 6.10 Å². The Balaban J connectivity index is 2.45. The lowest BCUT2D eigenvalue weighted by molar-refractivity contribution is -0.140. The number of aliphatic hydroxyl groups excluding tert-OH is 1. The van der Waals surface area contributed by atoms with E-state index in [0.29, 0.717) is 19.3 Å². The molecule has 0 fully saturated rings. The Morgan fingerprint density at radius 3 is 2.46 bits per heavy atom. The Morgan fingerprint density at radius 2 is 1.75 bits per heavy atom. The lowest BCUT2D eigenvalue weighted by Crippen LogP contribution is -2.05. The molecule has 1 aromatic rings. The molecule has 0 bridgehead atoms. The number of allylic oxidation sites excluding steroid dienone is 3. The number of benzene rings is 1. The topological polar surface area (TPSA) is 46.5 Å². The Labute approximate surface area is 170 Å². The summed E-state index contributed by atoms with van der Waals surface area (Å²) in [6, 6.07) is 8.11. The van der Waals surface area contributed by atoms with Gasteiger partial charge in [-0.3, -0.25) is 4.79 Å². The van der Waals surface area contributed by atoms with Crippen LogP contribution in [-0.4, -0.2) is 24.3 Å². The van der Waals surface area contributed by atoms with Crippen molar-refractivity contribution in [3.8, 4) is 0 Å². The van der Waals surface area contributed by atoms with Crippen LogP contribution in [0.15, 0.2) is 48.6 Å². The fourth-order valence-corrected chi connectivity index (χ4v) is 2.88. The van der Waals surface area contributed by atoms with Gasteiger partial charge in [-0.15, -0.1) is 0 Å². The van der Waals surface area contributed by atoms with Gasteiger partial charge in [0, 0.05) is 6.42 Å². The van der Waals surface area contributed by atoms with Crippen LogP contribution in [0.5, 0.6) is 0 Å². The van der Waals surface area contributed by atoms with Crippen molar-refractivity contribution < 1.29 is 14.6 Å². The van der Waals surface area contributed by atoms with Gasteiger partial charge in [0.05, 0.1) is 13.2 Å². The first-order valence-corrected chi connectivity index (χ1v) is 10.5. The number of esters is 1. The zero-order valence-corrected chi connectivity index (χ0v) is 17.5. The van der Waals surface area contributed by atoms with Gasteiger partial charge < -0.3 is 9.84 Å². The average molecular weight is 385 g/mol. The summed E-state index contributed by atoms with van der Waals surface area (Å²) < 4.78 is 4.61. The van der Waals surface area contributed by atoms with E-state index in [9.17, 15) is 9.90 Å². The number of methoxy groups -OCH3 is 1. The number of unbranched alkanes of at least 4 members (excludes halogenated alkanes) is 5. The standard InChI is InChI=1S/C25H36O3/c1-3-4-5-6-7-8-9-10-11-15-22-16-12-13-17-23(22)20-21-24(26)18-14-19-25(27)28-2/h9-13,15-17,20-21,24,26H,3-8,14,18-19H2,1-2H3/b10-9+,15-11+,21-20+/t24-/m0/s1. The van der Waals surface area contributed by atoms with Crippen molar-refractivity contribution >= 4 is 18.1 Å². The van der Waals surface area contributed by atoms with Crippen LogP contribution in [0.4, 0.5) is 0 Å². The number of ether oxygens (including phenoxy) is 1. The number of rotatable bonds is 14. The molecule has 28 heavy (non-hydrogen) atoms. The maximum atomic E-state index is 11.1. The highest BCUT2D eigenvalue weighted by Gasteiger charge is 2.04. The Morgan fingerprint density at radius 1 is 1.04 bits per heavy atom. The van der Waals surface area contributed by atoms with E-state index in [1.165, 1.54) is 39.2 Å². The maximum absolute atomic E-state index is 11.1. The van der Waals surface area contributed by atoms with Crippen LogP contribution in [0.25, 0.3) is 12.2 Å². The number of carbonyl (C=O) groups is 1. The van der Waals surface area contributed by atoms with Crippen LogP contribution in [0, 0.1) is 0 Å². The Hall–Kier alpha value is -2.13. The number of hydrogen-bond acceptors (Lipinski definition) is 3. The van der Waals surface area contributed by atoms with Gasteiger partial charge in [-0.1, -0.05) is 93.3 Å². The summed E-state index contributed by atoms with van der Waals surface area (Å²) in [7, 11) is 1.38. The molecule has 0 saturated carbocycles. The first-order chi connectivity index (χ1) is 13.7. The molecule has 1 aromatic carbocycles.